The van der Waals surface area contributed by atoms with Gasteiger partial charge in [0, 0.05) is 17.2 Å². The van der Waals surface area contributed by atoms with E-state index in [0.717, 1.165) is 16.1 Å². The van der Waals surface area contributed by atoms with E-state index < -0.39 is 58.3 Å². The molecule has 2 saturated carbocycles. The maximum atomic E-state index is 13.6. The van der Waals surface area contributed by atoms with Crippen LogP contribution in [0.4, 0.5) is 0 Å². The number of amides is 1. The molecule has 35 heavy (non-hydrogen) atoms. The van der Waals surface area contributed by atoms with Crippen LogP contribution in [-0.2, 0) is 38.4 Å². The standard InChI is InChI=1S/C25H24N2O7S/c1-10-17(35-9-27-10)5-3-11-2-4-15(28)19-14(11)7-12-6-13-8-16(29)20(24(26)33)23(32)25(13,34)22(31)18(12)21(19)30/h2,4,9,12-13,18,20,28,34H,3,5-8H2,1H3,(H2,26,33)/t12-,13+,18?,20?,25+/m1/s1. The van der Waals surface area contributed by atoms with Gasteiger partial charge in [-0.1, -0.05) is 6.07 Å². The number of fused-ring (bicyclic) bond motifs is 3. The fourth-order valence-corrected chi connectivity index (χ4v) is 6.86. The second-order valence-electron chi connectivity index (χ2n) is 9.70. The number of primary amides is 1. The number of aromatic hydroxyl groups is 1. The Morgan fingerprint density at radius 2 is 1.91 bits per heavy atom. The molecule has 1 aromatic heterocycles. The molecule has 1 aromatic carbocycles. The second-order valence-corrected chi connectivity index (χ2v) is 10.6. The molecule has 0 bridgehead atoms. The summed E-state index contributed by atoms with van der Waals surface area (Å²) in [5.41, 5.74) is 6.85. The van der Waals surface area contributed by atoms with Crippen molar-refractivity contribution < 1.29 is 34.2 Å². The lowest BCUT2D eigenvalue weighted by atomic mass is 9.53. The molecular weight excluding hydrogens is 472 g/mol. The van der Waals surface area contributed by atoms with Gasteiger partial charge < -0.3 is 15.9 Å². The molecule has 3 aliphatic rings. The topological polar surface area (TPSA) is 165 Å². The van der Waals surface area contributed by atoms with E-state index in [1.807, 2.05) is 6.92 Å². The molecule has 0 aliphatic heterocycles. The van der Waals surface area contributed by atoms with Crippen LogP contribution in [0.25, 0.3) is 0 Å². The van der Waals surface area contributed by atoms with E-state index in [0.29, 0.717) is 18.4 Å². The van der Waals surface area contributed by atoms with Crippen molar-refractivity contribution in [2.45, 2.75) is 44.6 Å². The number of rotatable bonds is 4. The van der Waals surface area contributed by atoms with Crippen molar-refractivity contribution in [2.75, 3.05) is 0 Å². The lowest BCUT2D eigenvalue weighted by Crippen LogP contribution is -2.68. The smallest absolute Gasteiger partial charge is 0.235 e. The number of aryl methyl sites for hydroxylation is 3. The van der Waals surface area contributed by atoms with Crippen LogP contribution in [-0.4, -0.2) is 49.8 Å². The maximum absolute atomic E-state index is 13.6. The van der Waals surface area contributed by atoms with Crippen LogP contribution < -0.4 is 5.73 Å². The molecule has 3 aliphatic carbocycles. The summed E-state index contributed by atoms with van der Waals surface area (Å²) in [7, 11) is 0. The van der Waals surface area contributed by atoms with Crippen LogP contribution in [0, 0.1) is 30.6 Å². The first-order chi connectivity index (χ1) is 16.6. The van der Waals surface area contributed by atoms with Crippen LogP contribution in [0.15, 0.2) is 17.6 Å². The number of ketones is 4. The van der Waals surface area contributed by atoms with Gasteiger partial charge in [-0.2, -0.15) is 0 Å². The molecule has 4 N–H and O–H groups in total. The van der Waals surface area contributed by atoms with Gasteiger partial charge in [0.25, 0.3) is 0 Å². The molecule has 5 atom stereocenters. The minimum atomic E-state index is -2.63. The van der Waals surface area contributed by atoms with Gasteiger partial charge in [-0.15, -0.1) is 11.3 Å². The second kappa shape index (κ2) is 8.17. The third-order valence-electron chi connectivity index (χ3n) is 7.85. The highest BCUT2D eigenvalue weighted by atomic mass is 32.1. The third kappa shape index (κ3) is 3.38. The molecule has 0 radical (unpaired) electrons. The number of aromatic nitrogens is 1. The monoisotopic (exact) mass is 496 g/mol. The summed E-state index contributed by atoms with van der Waals surface area (Å²) in [6.07, 6.45) is 1.34. The minimum Gasteiger partial charge on any atom is -0.507 e. The summed E-state index contributed by atoms with van der Waals surface area (Å²) in [5.74, 6) is -9.92. The average molecular weight is 497 g/mol. The number of nitrogens with two attached hydrogens (primary N) is 1. The molecule has 2 unspecified atom stereocenters. The van der Waals surface area contributed by atoms with Crippen LogP contribution in [0.3, 0.4) is 0 Å². The fourth-order valence-electron chi connectivity index (χ4n) is 6.08. The van der Waals surface area contributed by atoms with Crippen LogP contribution in [0.1, 0.15) is 44.9 Å². The number of nitrogens with zero attached hydrogens (tertiary/aromatic N) is 1. The Labute approximate surface area is 204 Å². The predicted molar refractivity (Wildman–Crippen MR) is 123 cm³/mol. The van der Waals surface area contributed by atoms with E-state index in [9.17, 15) is 34.2 Å². The van der Waals surface area contributed by atoms with E-state index in [1.54, 1.807) is 22.9 Å². The number of carbonyl (C=O) groups is 5. The summed E-state index contributed by atoms with van der Waals surface area (Å²) in [5, 5.41) is 21.8. The summed E-state index contributed by atoms with van der Waals surface area (Å²) in [6, 6.07) is 3.19. The zero-order valence-corrected chi connectivity index (χ0v) is 19.8. The van der Waals surface area contributed by atoms with Crippen molar-refractivity contribution in [3.8, 4) is 5.75 Å². The van der Waals surface area contributed by atoms with Crippen LogP contribution in [0.2, 0.25) is 0 Å². The molecule has 0 spiro atoms. The quantitative estimate of drug-likeness (QED) is 0.525. The van der Waals surface area contributed by atoms with Gasteiger partial charge in [0.1, 0.15) is 5.75 Å². The Balaban J connectivity index is 1.52. The van der Waals surface area contributed by atoms with E-state index in [4.69, 9.17) is 5.73 Å². The van der Waals surface area contributed by atoms with E-state index in [-0.39, 0.29) is 30.6 Å². The van der Waals surface area contributed by atoms with Gasteiger partial charge in [-0.25, -0.2) is 4.98 Å². The van der Waals surface area contributed by atoms with Crippen molar-refractivity contribution in [1.82, 2.24) is 4.98 Å². The molecule has 5 rings (SSSR count). The molecule has 182 valence electrons. The van der Waals surface area contributed by atoms with Gasteiger partial charge in [0.2, 0.25) is 5.91 Å². The van der Waals surface area contributed by atoms with Crippen LogP contribution in [0.5, 0.6) is 5.75 Å². The number of thiazole rings is 1. The molecule has 9 nitrogen and oxygen atoms in total. The normalized spacial score (nSPS) is 30.0. The number of aliphatic hydroxyl groups is 1. The summed E-state index contributed by atoms with van der Waals surface area (Å²) in [6.45, 7) is 1.93. The summed E-state index contributed by atoms with van der Waals surface area (Å²) in [4.78, 5) is 69.5. The summed E-state index contributed by atoms with van der Waals surface area (Å²) < 4.78 is 0. The lowest BCUT2D eigenvalue weighted by Gasteiger charge is -2.48. The Morgan fingerprint density at radius 3 is 2.57 bits per heavy atom. The van der Waals surface area contributed by atoms with Gasteiger partial charge in [0.15, 0.2) is 34.7 Å². The van der Waals surface area contributed by atoms with Crippen LogP contribution >= 0.6 is 11.3 Å². The molecule has 1 heterocycles. The first kappa shape index (κ1) is 23.5. The number of hydrogen-bond donors (Lipinski definition) is 3. The van der Waals surface area contributed by atoms with Crippen molar-refractivity contribution in [3.05, 3.63) is 44.9 Å². The highest BCUT2D eigenvalue weighted by molar-refractivity contribution is 7.09. The first-order valence-corrected chi connectivity index (χ1v) is 12.3. The average Bonchev–Trinajstić information content (AvgIpc) is 3.20. The van der Waals surface area contributed by atoms with Crippen molar-refractivity contribution in [1.29, 1.82) is 0 Å². The van der Waals surface area contributed by atoms with Crippen molar-refractivity contribution >= 4 is 40.4 Å². The first-order valence-electron chi connectivity index (χ1n) is 11.5. The number of benzene rings is 1. The molecule has 2 fully saturated rings. The molecule has 0 saturated heterocycles. The van der Waals surface area contributed by atoms with Gasteiger partial charge in [-0.3, -0.25) is 24.0 Å². The fraction of sp³-hybridized carbons (Fsp3) is 0.440. The third-order valence-corrected chi connectivity index (χ3v) is 8.84. The zero-order valence-electron chi connectivity index (χ0n) is 18.9. The number of phenols is 1. The SMILES string of the molecule is Cc1ncsc1CCc1ccc(O)c2c1C[C@H]1C[C@H]3CC(=O)C(C(N)=O)C(=O)[C@@]3(O)C(=O)C1C2=O. The van der Waals surface area contributed by atoms with E-state index in [1.165, 1.54) is 6.07 Å². The number of phenolic OH excluding ortho intramolecular Hbond substituents is 1. The van der Waals surface area contributed by atoms with E-state index >= 15 is 0 Å². The molecule has 10 heteroatoms. The number of Topliss-reactive ketones (excluding diaryl/α,β-unsaturated/α-hetero) is 4. The Morgan fingerprint density at radius 1 is 1.17 bits per heavy atom. The highest BCUT2D eigenvalue weighted by Gasteiger charge is 2.66. The Kier molecular flexibility index (Phi) is 5.48. The number of carbonyl (C=O) groups excluding carboxylic acids is 5. The van der Waals surface area contributed by atoms with Gasteiger partial charge in [0.05, 0.1) is 22.7 Å². The molecular formula is C25H24N2O7S. The van der Waals surface area contributed by atoms with E-state index in [2.05, 4.69) is 4.98 Å². The van der Waals surface area contributed by atoms with Gasteiger partial charge in [-0.05, 0) is 55.7 Å². The predicted octanol–water partition coefficient (Wildman–Crippen LogP) is 0.877. The van der Waals surface area contributed by atoms with Gasteiger partial charge >= 0.3 is 0 Å². The van der Waals surface area contributed by atoms with Crippen molar-refractivity contribution in [2.24, 2.45) is 29.4 Å². The molecule has 2 aromatic rings. The summed E-state index contributed by atoms with van der Waals surface area (Å²) >= 11 is 1.55. The number of hydrogen-bond acceptors (Lipinski definition) is 9. The Bertz CT molecular complexity index is 1310. The largest absolute Gasteiger partial charge is 0.507 e. The molecule has 1 amide bonds. The maximum Gasteiger partial charge on any atom is 0.235 e. The minimum absolute atomic E-state index is 0.0333. The lowest BCUT2D eigenvalue weighted by molar-refractivity contribution is -0.175. The zero-order chi connectivity index (χ0) is 25.2. The Hall–Kier alpha value is -3.24. The van der Waals surface area contributed by atoms with Crippen molar-refractivity contribution in [3.63, 3.8) is 0 Å². The highest BCUT2D eigenvalue weighted by Crippen LogP contribution is 2.50.